The van der Waals surface area contributed by atoms with Crippen molar-refractivity contribution in [1.82, 2.24) is 0 Å². The first-order valence-electron chi connectivity index (χ1n) is 3.58. The van der Waals surface area contributed by atoms with Crippen LogP contribution in [-0.2, 0) is 0 Å². The average molecular weight is 141 g/mol. The maximum atomic E-state index is 8.55. The molecule has 0 saturated carbocycles. The van der Waals surface area contributed by atoms with E-state index in [2.05, 4.69) is 11.9 Å². The molecule has 0 aliphatic carbocycles. The SMILES string of the molecule is CC/C=C\C(CCO)=NC. The van der Waals surface area contributed by atoms with Crippen LogP contribution in [0.2, 0.25) is 0 Å². The summed E-state index contributed by atoms with van der Waals surface area (Å²) in [6.45, 7) is 2.25. The zero-order valence-electron chi connectivity index (χ0n) is 6.67. The highest BCUT2D eigenvalue weighted by Crippen LogP contribution is 1.89. The molecule has 0 aliphatic heterocycles. The van der Waals surface area contributed by atoms with Gasteiger partial charge in [-0.25, -0.2) is 0 Å². The first kappa shape index (κ1) is 9.37. The summed E-state index contributed by atoms with van der Waals surface area (Å²) in [5.41, 5.74) is 0.962. The summed E-state index contributed by atoms with van der Waals surface area (Å²) in [7, 11) is 1.74. The topological polar surface area (TPSA) is 32.6 Å². The quantitative estimate of drug-likeness (QED) is 0.590. The molecule has 0 spiro atoms. The lowest BCUT2D eigenvalue weighted by molar-refractivity contribution is 0.307. The Labute approximate surface area is 62.3 Å². The van der Waals surface area contributed by atoms with Gasteiger partial charge < -0.3 is 5.11 Å². The molecule has 0 aromatic carbocycles. The molecular formula is C8H15NO. The minimum absolute atomic E-state index is 0.181. The highest BCUT2D eigenvalue weighted by Gasteiger charge is 1.88. The molecular weight excluding hydrogens is 126 g/mol. The number of hydrogen-bond acceptors (Lipinski definition) is 2. The van der Waals surface area contributed by atoms with Gasteiger partial charge in [0, 0.05) is 25.8 Å². The van der Waals surface area contributed by atoms with Crippen LogP contribution >= 0.6 is 0 Å². The number of allylic oxidation sites excluding steroid dienone is 2. The number of aliphatic hydroxyl groups is 1. The molecule has 0 aromatic rings. The molecule has 58 valence electrons. The Hall–Kier alpha value is -0.630. The fourth-order valence-electron chi connectivity index (χ4n) is 0.638. The molecule has 0 heterocycles. The van der Waals surface area contributed by atoms with Crippen LogP contribution in [0.3, 0.4) is 0 Å². The van der Waals surface area contributed by atoms with Gasteiger partial charge in [0.15, 0.2) is 0 Å². The summed E-state index contributed by atoms with van der Waals surface area (Å²) in [5, 5.41) is 8.55. The van der Waals surface area contributed by atoms with Crippen molar-refractivity contribution in [1.29, 1.82) is 0 Å². The highest BCUT2D eigenvalue weighted by atomic mass is 16.3. The molecule has 0 aromatic heterocycles. The van der Waals surface area contributed by atoms with Crippen molar-refractivity contribution in [3.05, 3.63) is 12.2 Å². The van der Waals surface area contributed by atoms with E-state index in [-0.39, 0.29) is 6.61 Å². The zero-order chi connectivity index (χ0) is 7.82. The molecule has 1 N–H and O–H groups in total. The van der Waals surface area contributed by atoms with Crippen LogP contribution < -0.4 is 0 Å². The van der Waals surface area contributed by atoms with Crippen molar-refractivity contribution in [2.24, 2.45) is 4.99 Å². The van der Waals surface area contributed by atoms with Crippen molar-refractivity contribution in [3.63, 3.8) is 0 Å². The van der Waals surface area contributed by atoms with Crippen LogP contribution in [-0.4, -0.2) is 24.5 Å². The van der Waals surface area contributed by atoms with E-state index in [1.807, 2.05) is 12.2 Å². The van der Waals surface area contributed by atoms with Gasteiger partial charge in [0.1, 0.15) is 0 Å². The molecule has 0 amide bonds. The standard InChI is InChI=1S/C8H15NO/c1-3-4-5-8(9-2)6-7-10/h4-5,10H,3,6-7H2,1-2H3/b5-4-,9-8?. The van der Waals surface area contributed by atoms with E-state index in [1.165, 1.54) is 0 Å². The van der Waals surface area contributed by atoms with Gasteiger partial charge in [-0.1, -0.05) is 13.0 Å². The van der Waals surface area contributed by atoms with Crippen LogP contribution in [0, 0.1) is 0 Å². The third kappa shape index (κ3) is 4.27. The third-order valence-electron chi connectivity index (χ3n) is 1.20. The van der Waals surface area contributed by atoms with Gasteiger partial charge in [-0.05, 0) is 12.5 Å². The summed E-state index contributed by atoms with van der Waals surface area (Å²) in [6.07, 6.45) is 5.67. The number of aliphatic hydroxyl groups excluding tert-OH is 1. The van der Waals surface area contributed by atoms with E-state index in [0.717, 1.165) is 12.1 Å². The van der Waals surface area contributed by atoms with E-state index in [0.29, 0.717) is 6.42 Å². The molecule has 0 bridgehead atoms. The molecule has 2 heteroatoms. The maximum absolute atomic E-state index is 8.55. The van der Waals surface area contributed by atoms with Gasteiger partial charge in [-0.2, -0.15) is 0 Å². The van der Waals surface area contributed by atoms with Gasteiger partial charge >= 0.3 is 0 Å². The molecule has 0 radical (unpaired) electrons. The Morgan fingerprint density at radius 3 is 2.70 bits per heavy atom. The van der Waals surface area contributed by atoms with E-state index in [1.54, 1.807) is 7.05 Å². The summed E-state index contributed by atoms with van der Waals surface area (Å²) < 4.78 is 0. The van der Waals surface area contributed by atoms with E-state index < -0.39 is 0 Å². The van der Waals surface area contributed by atoms with Crippen LogP contribution in [0.4, 0.5) is 0 Å². The lowest BCUT2D eigenvalue weighted by atomic mass is 10.2. The van der Waals surface area contributed by atoms with Gasteiger partial charge in [0.05, 0.1) is 0 Å². The van der Waals surface area contributed by atoms with E-state index >= 15 is 0 Å². The Balaban J connectivity index is 3.72. The lowest BCUT2D eigenvalue weighted by Crippen LogP contribution is -1.96. The molecule has 2 nitrogen and oxygen atoms in total. The zero-order valence-corrected chi connectivity index (χ0v) is 6.67. The largest absolute Gasteiger partial charge is 0.396 e. The smallest absolute Gasteiger partial charge is 0.0486 e. The average Bonchev–Trinajstić information content (AvgIpc) is 1.98. The fourth-order valence-corrected chi connectivity index (χ4v) is 0.638. The van der Waals surface area contributed by atoms with Crippen LogP contribution in [0.5, 0.6) is 0 Å². The van der Waals surface area contributed by atoms with Crippen molar-refractivity contribution in [2.75, 3.05) is 13.7 Å². The van der Waals surface area contributed by atoms with Gasteiger partial charge in [-0.3, -0.25) is 4.99 Å². The van der Waals surface area contributed by atoms with Gasteiger partial charge in [-0.15, -0.1) is 0 Å². The molecule has 0 atom stereocenters. The fraction of sp³-hybridized carbons (Fsp3) is 0.625. The van der Waals surface area contributed by atoms with Gasteiger partial charge in [0.25, 0.3) is 0 Å². The van der Waals surface area contributed by atoms with Crippen LogP contribution in [0.15, 0.2) is 17.1 Å². The minimum Gasteiger partial charge on any atom is -0.396 e. The molecule has 0 unspecified atom stereocenters. The lowest BCUT2D eigenvalue weighted by Gasteiger charge is -1.93. The van der Waals surface area contributed by atoms with Crippen LogP contribution in [0.25, 0.3) is 0 Å². The predicted octanol–water partition coefficient (Wildman–Crippen LogP) is 1.41. The normalized spacial score (nSPS) is 12.9. The first-order valence-corrected chi connectivity index (χ1v) is 3.58. The number of aliphatic imine (C=N–C) groups is 1. The highest BCUT2D eigenvalue weighted by molar-refractivity contribution is 5.94. The second-order valence-corrected chi connectivity index (χ2v) is 2.00. The maximum Gasteiger partial charge on any atom is 0.0486 e. The monoisotopic (exact) mass is 141 g/mol. The molecule has 10 heavy (non-hydrogen) atoms. The second kappa shape index (κ2) is 6.49. The predicted molar refractivity (Wildman–Crippen MR) is 44.5 cm³/mol. The Kier molecular flexibility index (Phi) is 6.08. The molecule has 0 rings (SSSR count). The van der Waals surface area contributed by atoms with Crippen LogP contribution in [0.1, 0.15) is 19.8 Å². The van der Waals surface area contributed by atoms with Crippen molar-refractivity contribution in [3.8, 4) is 0 Å². The first-order chi connectivity index (χ1) is 4.85. The second-order valence-electron chi connectivity index (χ2n) is 2.00. The summed E-state index contributed by atoms with van der Waals surface area (Å²) in [5.74, 6) is 0. The Bertz CT molecular complexity index is 127. The number of hydrogen-bond donors (Lipinski definition) is 1. The summed E-state index contributed by atoms with van der Waals surface area (Å²) in [4.78, 5) is 3.99. The Morgan fingerprint density at radius 2 is 2.30 bits per heavy atom. The molecule has 0 aliphatic rings. The summed E-state index contributed by atoms with van der Waals surface area (Å²) in [6, 6.07) is 0. The van der Waals surface area contributed by atoms with E-state index in [4.69, 9.17) is 5.11 Å². The van der Waals surface area contributed by atoms with E-state index in [9.17, 15) is 0 Å². The Morgan fingerprint density at radius 1 is 1.60 bits per heavy atom. The number of rotatable bonds is 4. The van der Waals surface area contributed by atoms with Gasteiger partial charge in [0.2, 0.25) is 0 Å². The van der Waals surface area contributed by atoms with Crippen molar-refractivity contribution in [2.45, 2.75) is 19.8 Å². The third-order valence-corrected chi connectivity index (χ3v) is 1.20. The minimum atomic E-state index is 0.181. The number of nitrogens with zero attached hydrogens (tertiary/aromatic N) is 1. The molecule has 0 fully saturated rings. The molecule has 0 saturated heterocycles. The summed E-state index contributed by atoms with van der Waals surface area (Å²) >= 11 is 0. The van der Waals surface area contributed by atoms with Crippen molar-refractivity contribution < 1.29 is 5.11 Å². The van der Waals surface area contributed by atoms with Crippen molar-refractivity contribution >= 4 is 5.71 Å².